The quantitative estimate of drug-likeness (QED) is 0.629. The van der Waals surface area contributed by atoms with E-state index >= 15 is 0 Å². The van der Waals surface area contributed by atoms with E-state index in [2.05, 4.69) is 15.9 Å². The van der Waals surface area contributed by atoms with Crippen molar-refractivity contribution in [3.8, 4) is 5.75 Å². The zero-order valence-corrected chi connectivity index (χ0v) is 12.5. The molecule has 0 amide bonds. The monoisotopic (exact) mass is 350 g/mol. The summed E-state index contributed by atoms with van der Waals surface area (Å²) >= 11 is 15.0. The van der Waals surface area contributed by atoms with Crippen LogP contribution in [0.25, 0.3) is 0 Å². The molecule has 18 heavy (non-hydrogen) atoms. The molecule has 2 aromatic rings. The summed E-state index contributed by atoms with van der Waals surface area (Å²) in [6.45, 7) is 0.331. The van der Waals surface area contributed by atoms with Crippen molar-refractivity contribution in [2.75, 3.05) is 7.11 Å². The zero-order chi connectivity index (χ0) is 13.3. The van der Waals surface area contributed by atoms with Crippen molar-refractivity contribution in [3.05, 3.63) is 49.8 Å². The molecule has 0 aliphatic carbocycles. The highest BCUT2D eigenvalue weighted by Crippen LogP contribution is 2.28. The fourth-order valence-corrected chi connectivity index (χ4v) is 2.31. The number of rotatable bonds is 3. The maximum Gasteiger partial charge on any atom is 0.328 e. The molecular weight excluding hydrogens is 343 g/mol. The van der Waals surface area contributed by atoms with Gasteiger partial charge in [-0.25, -0.2) is 0 Å². The molecule has 7 heteroatoms. The van der Waals surface area contributed by atoms with Gasteiger partial charge in [-0.3, -0.25) is 0 Å². The highest BCUT2D eigenvalue weighted by Gasteiger charge is 2.23. The Morgan fingerprint density at radius 3 is 2.39 bits per heavy atom. The second kappa shape index (κ2) is 5.38. The van der Waals surface area contributed by atoms with Crippen LogP contribution < -0.4 is 9.58 Å². The van der Waals surface area contributed by atoms with Crippen LogP contribution >= 0.6 is 39.1 Å². The number of hydrogen-bond donors (Lipinski definition) is 0. The van der Waals surface area contributed by atoms with Crippen LogP contribution in [0.2, 0.25) is 10.3 Å². The lowest BCUT2D eigenvalue weighted by molar-refractivity contribution is -0.691. The summed E-state index contributed by atoms with van der Waals surface area (Å²) in [6, 6.07) is 7.35. The molecule has 0 spiro atoms. The van der Waals surface area contributed by atoms with Crippen molar-refractivity contribution < 1.29 is 9.58 Å². The first-order valence-corrected chi connectivity index (χ1v) is 6.55. The second-order valence-corrected chi connectivity index (χ2v) is 5.08. The van der Waals surface area contributed by atoms with Crippen LogP contribution in [-0.2, 0) is 6.54 Å². The lowest BCUT2D eigenvalue weighted by Crippen LogP contribution is -2.38. The Bertz CT molecular complexity index is 544. The summed E-state index contributed by atoms with van der Waals surface area (Å²) < 4.78 is 6.79. The average Bonchev–Trinajstić information content (AvgIpc) is 2.57. The van der Waals surface area contributed by atoms with Crippen molar-refractivity contribution in [3.63, 3.8) is 0 Å². The molecule has 0 radical (unpaired) electrons. The van der Waals surface area contributed by atoms with E-state index in [1.807, 2.05) is 24.3 Å². The predicted octanol–water partition coefficient (Wildman–Crippen LogP) is 3.25. The van der Waals surface area contributed by atoms with Crippen LogP contribution in [-0.4, -0.2) is 11.8 Å². The Labute approximate surface area is 122 Å². The Balaban J connectivity index is 2.31. The number of nitrogens with zero attached hydrogens (tertiary/aromatic N) is 2. The van der Waals surface area contributed by atoms with E-state index in [1.165, 1.54) is 4.68 Å². The van der Waals surface area contributed by atoms with Crippen LogP contribution in [0.4, 0.5) is 0 Å². The van der Waals surface area contributed by atoms with Gasteiger partial charge in [0.05, 0.1) is 7.11 Å². The molecule has 0 fully saturated rings. The third-order valence-electron chi connectivity index (χ3n) is 2.47. The Kier molecular flexibility index (Phi) is 4.04. The fraction of sp³-hybridized carbons (Fsp3) is 0.182. The van der Waals surface area contributed by atoms with Crippen LogP contribution in [0.5, 0.6) is 5.75 Å². The fourth-order valence-electron chi connectivity index (χ4n) is 1.51. The van der Waals surface area contributed by atoms with Gasteiger partial charge >= 0.3 is 5.15 Å². The molecule has 0 N–H and O–H groups in total. The molecule has 0 unspecified atom stereocenters. The molecule has 0 aliphatic heterocycles. The van der Waals surface area contributed by atoms with E-state index in [-0.39, 0.29) is 10.3 Å². The lowest BCUT2D eigenvalue weighted by Gasteiger charge is -2.05. The topological polar surface area (TPSA) is 41.1 Å². The van der Waals surface area contributed by atoms with E-state index in [0.29, 0.717) is 15.9 Å². The largest absolute Gasteiger partial charge is 0.595 e. The minimum atomic E-state index is 0.0218. The van der Waals surface area contributed by atoms with E-state index in [1.54, 1.807) is 7.11 Å². The molecule has 0 saturated heterocycles. The summed E-state index contributed by atoms with van der Waals surface area (Å²) in [6.07, 6.45) is 0. The first-order chi connectivity index (χ1) is 8.54. The second-order valence-electron chi connectivity index (χ2n) is 3.57. The number of benzene rings is 1. The van der Waals surface area contributed by atoms with Crippen LogP contribution in [0.1, 0.15) is 5.56 Å². The van der Waals surface area contributed by atoms with Gasteiger partial charge in [0, 0.05) is 0 Å². The van der Waals surface area contributed by atoms with Crippen molar-refractivity contribution in [2.24, 2.45) is 0 Å². The molecule has 96 valence electrons. The molecule has 1 aromatic heterocycles. The summed E-state index contributed by atoms with van der Waals surface area (Å²) in [5.74, 6) is 0.756. The molecule has 1 heterocycles. The summed E-state index contributed by atoms with van der Waals surface area (Å²) in [5.41, 5.74) is 0.918. The predicted molar refractivity (Wildman–Crippen MR) is 73.2 cm³/mol. The van der Waals surface area contributed by atoms with Gasteiger partial charge in [-0.15, -0.1) is 4.68 Å². The van der Waals surface area contributed by atoms with Gasteiger partial charge < -0.3 is 9.94 Å². The Morgan fingerprint density at radius 1 is 1.33 bits per heavy atom. The molecular formula is C11H9BrCl2N2O2. The summed E-state index contributed by atoms with van der Waals surface area (Å²) in [4.78, 5) is 0.554. The molecule has 0 bridgehead atoms. The van der Waals surface area contributed by atoms with Crippen molar-refractivity contribution >= 4 is 39.1 Å². The number of halogens is 3. The first kappa shape index (κ1) is 13.5. The molecule has 1 aromatic carbocycles. The maximum atomic E-state index is 11.7. The number of aromatic nitrogens is 2. The smallest absolute Gasteiger partial charge is 0.328 e. The zero-order valence-electron chi connectivity index (χ0n) is 9.36. The Hall–Kier alpha value is -0.910. The van der Waals surface area contributed by atoms with E-state index in [9.17, 15) is 5.21 Å². The normalized spacial score (nSPS) is 10.7. The van der Waals surface area contributed by atoms with Gasteiger partial charge in [0.1, 0.15) is 16.8 Å². The minimum absolute atomic E-state index is 0.0218. The van der Waals surface area contributed by atoms with Gasteiger partial charge in [0.25, 0.3) is 0 Å². The Morgan fingerprint density at radius 2 is 1.94 bits per heavy atom. The lowest BCUT2D eigenvalue weighted by atomic mass is 10.2. The van der Waals surface area contributed by atoms with Crippen LogP contribution in [0.3, 0.4) is 0 Å². The van der Waals surface area contributed by atoms with Crippen molar-refractivity contribution in [2.45, 2.75) is 6.54 Å². The van der Waals surface area contributed by atoms with Gasteiger partial charge in [-0.2, -0.15) is 0 Å². The molecule has 0 aliphatic rings. The third kappa shape index (κ3) is 2.43. The minimum Gasteiger partial charge on any atom is -0.595 e. The van der Waals surface area contributed by atoms with Crippen molar-refractivity contribution in [1.29, 1.82) is 0 Å². The van der Waals surface area contributed by atoms with Gasteiger partial charge in [0.15, 0.2) is 5.15 Å². The number of hydrogen-bond acceptors (Lipinski definition) is 2. The third-order valence-corrected chi connectivity index (χ3v) is 4.39. The number of ether oxygens (including phenoxy) is 1. The van der Waals surface area contributed by atoms with Gasteiger partial charge in [0.2, 0.25) is 0 Å². The van der Waals surface area contributed by atoms with E-state index in [0.717, 1.165) is 11.3 Å². The van der Waals surface area contributed by atoms with Crippen LogP contribution in [0, 0.1) is 5.21 Å². The van der Waals surface area contributed by atoms with Gasteiger partial charge in [-0.1, -0.05) is 28.6 Å². The van der Waals surface area contributed by atoms with Gasteiger partial charge in [-0.05, 0) is 45.2 Å². The molecule has 0 atom stereocenters. The standard InChI is InChI=1S/C11H9BrCl2N2O2/c1-18-8-4-2-7(3-5-8)6-15-10(13)9(12)11(14)16(15)17/h2-5H,6H2,1H3. The molecule has 0 saturated carbocycles. The van der Waals surface area contributed by atoms with Crippen LogP contribution in [0.15, 0.2) is 28.7 Å². The molecule has 4 nitrogen and oxygen atoms in total. The SMILES string of the molecule is COc1ccc(Cn2c(Cl)c(Br)c(Cl)[n+]2[O-])cc1. The highest BCUT2D eigenvalue weighted by atomic mass is 79.9. The number of methoxy groups -OCH3 is 1. The average molecular weight is 352 g/mol. The van der Waals surface area contributed by atoms with E-state index < -0.39 is 0 Å². The maximum absolute atomic E-state index is 11.7. The van der Waals surface area contributed by atoms with Crippen molar-refractivity contribution in [1.82, 2.24) is 4.68 Å². The highest BCUT2D eigenvalue weighted by molar-refractivity contribution is 9.10. The molecule has 2 rings (SSSR count). The first-order valence-electron chi connectivity index (χ1n) is 5.00. The summed E-state index contributed by atoms with van der Waals surface area (Å²) in [5, 5.41) is 12.0. The van der Waals surface area contributed by atoms with E-state index in [4.69, 9.17) is 27.9 Å². The summed E-state index contributed by atoms with van der Waals surface area (Å²) in [7, 11) is 1.60.